The average molecular weight is 740 g/mol. The first-order chi connectivity index (χ1) is 28.7. The van der Waals surface area contributed by atoms with Gasteiger partial charge in [0.25, 0.3) is 0 Å². The lowest BCUT2D eigenvalue weighted by Gasteiger charge is -2.28. The Morgan fingerprint density at radius 1 is 0.293 bits per heavy atom. The molecular weight excluding hydrogens is 703 g/mol. The van der Waals surface area contributed by atoms with Crippen LogP contribution in [0.5, 0.6) is 0 Å². The van der Waals surface area contributed by atoms with Crippen LogP contribution in [0.1, 0.15) is 0 Å². The predicted molar refractivity (Wildman–Crippen MR) is 245 cm³/mol. The number of rotatable bonds is 7. The summed E-state index contributed by atoms with van der Waals surface area (Å²) in [4.78, 5) is 2.38. The quantitative estimate of drug-likeness (QED) is 0.162. The summed E-state index contributed by atoms with van der Waals surface area (Å²) in [6.07, 6.45) is 0. The molecule has 2 heteroatoms. The molecule has 0 unspecified atom stereocenters. The Hall–Kier alpha value is -7.68. The molecule has 0 saturated heterocycles. The van der Waals surface area contributed by atoms with E-state index in [9.17, 15) is 0 Å². The van der Waals surface area contributed by atoms with Crippen molar-refractivity contribution >= 4 is 60.5 Å². The molecule has 0 N–H and O–H groups in total. The number of anilines is 3. The minimum Gasteiger partial charge on any atom is -0.455 e. The minimum absolute atomic E-state index is 0.914. The summed E-state index contributed by atoms with van der Waals surface area (Å²) in [5.41, 5.74) is 14.6. The number of hydrogen-bond acceptors (Lipinski definition) is 2. The van der Waals surface area contributed by atoms with Crippen LogP contribution >= 0.6 is 0 Å². The minimum atomic E-state index is 0.914. The molecule has 2 nitrogen and oxygen atoms in total. The molecule has 0 amide bonds. The zero-order valence-corrected chi connectivity index (χ0v) is 31.7. The smallest absolute Gasteiger partial charge is 0.143 e. The molecule has 1 heterocycles. The van der Waals surface area contributed by atoms with Gasteiger partial charge in [-0.15, -0.1) is 0 Å². The fraction of sp³-hybridized carbons (Fsp3) is 0. The van der Waals surface area contributed by atoms with Gasteiger partial charge in [-0.3, -0.25) is 0 Å². The van der Waals surface area contributed by atoms with Gasteiger partial charge in [-0.05, 0) is 110 Å². The van der Waals surface area contributed by atoms with Crippen molar-refractivity contribution in [1.29, 1.82) is 0 Å². The Morgan fingerprint density at radius 3 is 1.59 bits per heavy atom. The number of nitrogens with zero attached hydrogens (tertiary/aromatic N) is 1. The summed E-state index contributed by atoms with van der Waals surface area (Å²) in [7, 11) is 0. The Labute approximate surface area is 337 Å². The van der Waals surface area contributed by atoms with Crippen LogP contribution in [0, 0.1) is 0 Å². The standard InChI is InChI=1S/C56H37NO/c1-2-11-38(12-3-1)40-25-31-46(32-26-40)57(47-33-27-41(28-34-47)39-21-23-43(24-22-39)49-18-10-14-42-13-4-5-15-48(42)49)54-19-8-6-16-50(54)44-29-35-51-45(37-44)30-36-53-52-17-7-9-20-55(52)58-56(51)53/h1-37H. The first kappa shape index (κ1) is 33.6. The van der Waals surface area contributed by atoms with Crippen molar-refractivity contribution in [2.75, 3.05) is 4.90 Å². The zero-order valence-electron chi connectivity index (χ0n) is 31.7. The van der Waals surface area contributed by atoms with Crippen molar-refractivity contribution in [3.8, 4) is 44.5 Å². The van der Waals surface area contributed by atoms with Gasteiger partial charge in [0.2, 0.25) is 0 Å². The van der Waals surface area contributed by atoms with Crippen molar-refractivity contribution < 1.29 is 4.42 Å². The van der Waals surface area contributed by atoms with Crippen molar-refractivity contribution in [3.05, 3.63) is 224 Å². The maximum absolute atomic E-state index is 6.41. The summed E-state index contributed by atoms with van der Waals surface area (Å²) in [5, 5.41) is 7.08. The van der Waals surface area contributed by atoms with Crippen LogP contribution < -0.4 is 4.90 Å². The van der Waals surface area contributed by atoms with E-state index in [0.717, 1.165) is 60.9 Å². The Balaban J connectivity index is 0.988. The summed E-state index contributed by atoms with van der Waals surface area (Å²) in [6.45, 7) is 0. The van der Waals surface area contributed by atoms with Crippen molar-refractivity contribution in [2.24, 2.45) is 0 Å². The number of fused-ring (bicyclic) bond motifs is 6. The van der Waals surface area contributed by atoms with Gasteiger partial charge in [-0.2, -0.15) is 0 Å². The van der Waals surface area contributed by atoms with E-state index in [1.54, 1.807) is 0 Å². The maximum atomic E-state index is 6.41. The van der Waals surface area contributed by atoms with Gasteiger partial charge in [-0.25, -0.2) is 0 Å². The highest BCUT2D eigenvalue weighted by atomic mass is 16.3. The molecule has 0 saturated carbocycles. The number of para-hydroxylation sites is 2. The van der Waals surface area contributed by atoms with E-state index in [1.807, 2.05) is 12.1 Å². The number of benzene rings is 10. The Kier molecular flexibility index (Phi) is 8.19. The second-order valence-corrected chi connectivity index (χ2v) is 14.9. The number of hydrogen-bond donors (Lipinski definition) is 0. The van der Waals surface area contributed by atoms with Crippen molar-refractivity contribution in [1.82, 2.24) is 0 Å². The lowest BCUT2D eigenvalue weighted by molar-refractivity contribution is 0.672. The van der Waals surface area contributed by atoms with Crippen LogP contribution in [0.15, 0.2) is 229 Å². The molecule has 58 heavy (non-hydrogen) atoms. The van der Waals surface area contributed by atoms with E-state index < -0.39 is 0 Å². The summed E-state index contributed by atoms with van der Waals surface area (Å²) >= 11 is 0. The molecule has 11 aromatic rings. The lowest BCUT2D eigenvalue weighted by atomic mass is 9.96. The van der Waals surface area contributed by atoms with Crippen LogP contribution in [-0.2, 0) is 0 Å². The highest BCUT2D eigenvalue weighted by Crippen LogP contribution is 2.43. The number of furan rings is 1. The molecule has 0 bridgehead atoms. The summed E-state index contributed by atoms with van der Waals surface area (Å²) in [6, 6.07) is 80.7. The second kappa shape index (κ2) is 14.1. The second-order valence-electron chi connectivity index (χ2n) is 14.9. The van der Waals surface area contributed by atoms with Crippen LogP contribution in [0.3, 0.4) is 0 Å². The normalized spacial score (nSPS) is 11.4. The van der Waals surface area contributed by atoms with Gasteiger partial charge in [0.1, 0.15) is 11.2 Å². The molecule has 0 aliphatic rings. The molecule has 272 valence electrons. The van der Waals surface area contributed by atoms with Gasteiger partial charge >= 0.3 is 0 Å². The van der Waals surface area contributed by atoms with E-state index in [2.05, 4.69) is 217 Å². The SMILES string of the molecule is c1ccc(-c2ccc(N(c3ccc(-c4ccc(-c5cccc6ccccc56)cc4)cc3)c3ccccc3-c3ccc4c(ccc5c6ccccc6oc45)c3)cc2)cc1. The third-order valence-electron chi connectivity index (χ3n) is 11.5. The molecular formula is C56H37NO. The van der Waals surface area contributed by atoms with Gasteiger partial charge < -0.3 is 9.32 Å². The van der Waals surface area contributed by atoms with E-state index >= 15 is 0 Å². The maximum Gasteiger partial charge on any atom is 0.143 e. The third kappa shape index (κ3) is 5.91. The molecule has 0 radical (unpaired) electrons. The molecule has 10 aromatic carbocycles. The van der Waals surface area contributed by atoms with Crippen LogP contribution in [0.2, 0.25) is 0 Å². The Morgan fingerprint density at radius 2 is 0.828 bits per heavy atom. The molecule has 11 rings (SSSR count). The van der Waals surface area contributed by atoms with E-state index in [4.69, 9.17) is 4.42 Å². The molecule has 0 atom stereocenters. The van der Waals surface area contributed by atoms with Crippen molar-refractivity contribution in [2.45, 2.75) is 0 Å². The van der Waals surface area contributed by atoms with Gasteiger partial charge in [0.05, 0.1) is 5.69 Å². The first-order valence-electron chi connectivity index (χ1n) is 19.8. The predicted octanol–water partition coefficient (Wildman–Crippen LogP) is 16.0. The summed E-state index contributed by atoms with van der Waals surface area (Å²) in [5.74, 6) is 0. The average Bonchev–Trinajstić information content (AvgIpc) is 3.69. The molecule has 0 spiro atoms. The zero-order chi connectivity index (χ0) is 38.4. The Bertz CT molecular complexity index is 3250. The van der Waals surface area contributed by atoms with E-state index in [-0.39, 0.29) is 0 Å². The van der Waals surface area contributed by atoms with Gasteiger partial charge in [-0.1, -0.05) is 170 Å². The molecule has 0 aliphatic heterocycles. The first-order valence-corrected chi connectivity index (χ1v) is 19.8. The fourth-order valence-electron chi connectivity index (χ4n) is 8.57. The third-order valence-corrected chi connectivity index (χ3v) is 11.5. The van der Waals surface area contributed by atoms with Gasteiger partial charge in [0.15, 0.2) is 0 Å². The summed E-state index contributed by atoms with van der Waals surface area (Å²) < 4.78 is 6.41. The molecule has 0 aliphatic carbocycles. The van der Waals surface area contributed by atoms with E-state index in [0.29, 0.717) is 0 Å². The van der Waals surface area contributed by atoms with Crippen LogP contribution in [0.25, 0.3) is 88.0 Å². The van der Waals surface area contributed by atoms with Crippen LogP contribution in [0.4, 0.5) is 17.1 Å². The highest BCUT2D eigenvalue weighted by Gasteiger charge is 2.19. The monoisotopic (exact) mass is 739 g/mol. The van der Waals surface area contributed by atoms with Gasteiger partial charge in [0, 0.05) is 33.1 Å². The molecule has 1 aromatic heterocycles. The van der Waals surface area contributed by atoms with Crippen LogP contribution in [-0.4, -0.2) is 0 Å². The van der Waals surface area contributed by atoms with Crippen molar-refractivity contribution in [3.63, 3.8) is 0 Å². The fourth-order valence-corrected chi connectivity index (χ4v) is 8.57. The topological polar surface area (TPSA) is 16.4 Å². The lowest BCUT2D eigenvalue weighted by Crippen LogP contribution is -2.11. The largest absolute Gasteiger partial charge is 0.455 e. The highest BCUT2D eigenvalue weighted by molar-refractivity contribution is 6.15. The van der Waals surface area contributed by atoms with E-state index in [1.165, 1.54) is 44.2 Å². The molecule has 0 fully saturated rings.